The third kappa shape index (κ3) is 4.30. The van der Waals surface area contributed by atoms with Gasteiger partial charge in [0.1, 0.15) is 4.21 Å². The van der Waals surface area contributed by atoms with Crippen molar-refractivity contribution >= 4 is 27.0 Å². The molecule has 21 heavy (non-hydrogen) atoms. The van der Waals surface area contributed by atoms with E-state index in [0.29, 0.717) is 22.5 Å². The number of hydrogen-bond donors (Lipinski definition) is 2. The van der Waals surface area contributed by atoms with E-state index in [0.717, 1.165) is 10.4 Å². The summed E-state index contributed by atoms with van der Waals surface area (Å²) in [6.45, 7) is 6.76. The number of sulfonamides is 1. The van der Waals surface area contributed by atoms with Crippen molar-refractivity contribution in [3.8, 4) is 0 Å². The highest BCUT2D eigenvalue weighted by atomic mass is 32.2. The first-order chi connectivity index (χ1) is 9.88. The van der Waals surface area contributed by atoms with Gasteiger partial charge in [-0.25, -0.2) is 8.42 Å². The molecular weight excluding hydrogens is 304 g/mol. The number of benzene rings is 1. The van der Waals surface area contributed by atoms with Gasteiger partial charge in [0.25, 0.3) is 10.0 Å². The highest BCUT2D eigenvalue weighted by Crippen LogP contribution is 2.27. The fourth-order valence-electron chi connectivity index (χ4n) is 1.81. The normalized spacial score (nSPS) is 11.8. The summed E-state index contributed by atoms with van der Waals surface area (Å²) in [7, 11) is -3.51. The van der Waals surface area contributed by atoms with E-state index in [1.807, 2.05) is 13.0 Å². The lowest BCUT2D eigenvalue weighted by atomic mass is 10.3. The number of nitrogens with one attached hydrogen (secondary N) is 2. The summed E-state index contributed by atoms with van der Waals surface area (Å²) in [6.07, 6.45) is 0. The second-order valence-electron chi connectivity index (χ2n) is 5.18. The van der Waals surface area contributed by atoms with E-state index in [4.69, 9.17) is 0 Å². The van der Waals surface area contributed by atoms with Crippen LogP contribution in [-0.4, -0.2) is 14.5 Å². The fraction of sp³-hybridized carbons (Fsp3) is 0.333. The summed E-state index contributed by atoms with van der Waals surface area (Å²) in [5, 5.41) is 3.31. The molecule has 0 atom stereocenters. The van der Waals surface area contributed by atoms with Crippen LogP contribution in [0.4, 0.5) is 5.69 Å². The van der Waals surface area contributed by atoms with Gasteiger partial charge < -0.3 is 5.32 Å². The van der Waals surface area contributed by atoms with Crippen molar-refractivity contribution in [3.05, 3.63) is 46.8 Å². The van der Waals surface area contributed by atoms with Gasteiger partial charge in [-0.1, -0.05) is 32.0 Å². The molecule has 0 saturated carbocycles. The van der Waals surface area contributed by atoms with Crippen molar-refractivity contribution in [1.82, 2.24) is 5.32 Å². The van der Waals surface area contributed by atoms with Crippen LogP contribution < -0.4 is 10.0 Å². The standard InChI is InChI=1S/C15H20N2O2S2/c1-11(2)16-10-14-12(3)9-15(20-14)21(18,19)17-13-7-5-4-6-8-13/h4-9,11,16-17H,10H2,1-3H3. The number of aryl methyl sites for hydroxylation is 1. The quantitative estimate of drug-likeness (QED) is 0.856. The first-order valence-electron chi connectivity index (χ1n) is 6.79. The van der Waals surface area contributed by atoms with Crippen molar-refractivity contribution in [1.29, 1.82) is 0 Å². The topological polar surface area (TPSA) is 58.2 Å². The Labute approximate surface area is 130 Å². The molecule has 0 aliphatic heterocycles. The Morgan fingerprint density at radius 2 is 1.86 bits per heavy atom. The van der Waals surface area contributed by atoms with Crippen molar-refractivity contribution in [2.45, 2.75) is 37.6 Å². The third-order valence-corrected chi connectivity index (χ3v) is 6.05. The minimum atomic E-state index is -3.51. The molecule has 0 amide bonds. The van der Waals surface area contributed by atoms with Crippen LogP contribution in [0, 0.1) is 6.92 Å². The zero-order chi connectivity index (χ0) is 15.5. The second kappa shape index (κ2) is 6.60. The molecule has 2 rings (SSSR count). The Kier molecular flexibility index (Phi) is 5.03. The lowest BCUT2D eigenvalue weighted by Gasteiger charge is -2.07. The maximum absolute atomic E-state index is 12.4. The number of anilines is 1. The zero-order valence-electron chi connectivity index (χ0n) is 12.4. The van der Waals surface area contributed by atoms with E-state index in [1.54, 1.807) is 30.3 Å². The molecule has 1 aromatic carbocycles. The Balaban J connectivity index is 2.19. The summed E-state index contributed by atoms with van der Waals surface area (Å²) in [5.74, 6) is 0. The van der Waals surface area contributed by atoms with Crippen molar-refractivity contribution in [2.75, 3.05) is 4.72 Å². The summed E-state index contributed by atoms with van der Waals surface area (Å²) >= 11 is 1.31. The molecule has 6 heteroatoms. The molecule has 0 saturated heterocycles. The maximum atomic E-state index is 12.4. The lowest BCUT2D eigenvalue weighted by molar-refractivity contribution is 0.592. The first kappa shape index (κ1) is 16.0. The maximum Gasteiger partial charge on any atom is 0.271 e. The summed E-state index contributed by atoms with van der Waals surface area (Å²) < 4.78 is 27.7. The van der Waals surface area contributed by atoms with Crippen LogP contribution in [0.5, 0.6) is 0 Å². The predicted octanol–water partition coefficient (Wildman–Crippen LogP) is 3.36. The van der Waals surface area contributed by atoms with Crippen LogP contribution in [-0.2, 0) is 16.6 Å². The molecule has 1 aromatic heterocycles. The molecule has 0 unspecified atom stereocenters. The lowest BCUT2D eigenvalue weighted by Crippen LogP contribution is -2.21. The Bertz CT molecular complexity index is 692. The van der Waals surface area contributed by atoms with Crippen LogP contribution in [0.25, 0.3) is 0 Å². The number of para-hydroxylation sites is 1. The fourth-order valence-corrected chi connectivity index (χ4v) is 4.40. The van der Waals surface area contributed by atoms with E-state index < -0.39 is 10.0 Å². The third-order valence-electron chi connectivity index (χ3n) is 2.96. The van der Waals surface area contributed by atoms with Crippen LogP contribution in [0.15, 0.2) is 40.6 Å². The van der Waals surface area contributed by atoms with Gasteiger partial charge in [-0.3, -0.25) is 4.72 Å². The minimum Gasteiger partial charge on any atom is -0.310 e. The molecule has 0 aliphatic carbocycles. The monoisotopic (exact) mass is 324 g/mol. The minimum absolute atomic E-state index is 0.351. The zero-order valence-corrected chi connectivity index (χ0v) is 14.0. The van der Waals surface area contributed by atoms with Crippen molar-refractivity contribution < 1.29 is 8.42 Å². The molecule has 2 aromatic rings. The number of thiophene rings is 1. The molecule has 0 radical (unpaired) electrons. The Hall–Kier alpha value is -1.37. The van der Waals surface area contributed by atoms with E-state index in [-0.39, 0.29) is 0 Å². The second-order valence-corrected chi connectivity index (χ2v) is 8.22. The van der Waals surface area contributed by atoms with E-state index >= 15 is 0 Å². The van der Waals surface area contributed by atoms with Gasteiger partial charge in [-0.15, -0.1) is 11.3 Å². The largest absolute Gasteiger partial charge is 0.310 e. The molecule has 114 valence electrons. The van der Waals surface area contributed by atoms with Crippen LogP contribution in [0.2, 0.25) is 0 Å². The highest BCUT2D eigenvalue weighted by Gasteiger charge is 2.19. The molecule has 1 heterocycles. The average Bonchev–Trinajstić information content (AvgIpc) is 2.79. The molecule has 0 aliphatic rings. The van der Waals surface area contributed by atoms with E-state index in [1.165, 1.54) is 11.3 Å². The highest BCUT2D eigenvalue weighted by molar-refractivity contribution is 7.94. The molecule has 0 bridgehead atoms. The van der Waals surface area contributed by atoms with Gasteiger partial charge in [0, 0.05) is 23.2 Å². The molecule has 4 nitrogen and oxygen atoms in total. The van der Waals surface area contributed by atoms with E-state index in [2.05, 4.69) is 23.9 Å². The Morgan fingerprint density at radius 1 is 1.19 bits per heavy atom. The Morgan fingerprint density at radius 3 is 2.48 bits per heavy atom. The predicted molar refractivity (Wildman–Crippen MR) is 88.3 cm³/mol. The summed E-state index contributed by atoms with van der Waals surface area (Å²) in [4.78, 5) is 1.05. The van der Waals surface area contributed by atoms with Gasteiger partial charge in [0.15, 0.2) is 0 Å². The smallest absolute Gasteiger partial charge is 0.271 e. The molecule has 0 fully saturated rings. The van der Waals surface area contributed by atoms with Crippen molar-refractivity contribution in [2.24, 2.45) is 0 Å². The molecule has 0 spiro atoms. The van der Waals surface area contributed by atoms with Gasteiger partial charge in [-0.05, 0) is 30.7 Å². The number of rotatable bonds is 6. The first-order valence-corrected chi connectivity index (χ1v) is 9.09. The van der Waals surface area contributed by atoms with Gasteiger partial charge in [0.05, 0.1) is 0 Å². The number of hydrogen-bond acceptors (Lipinski definition) is 4. The molecule has 2 N–H and O–H groups in total. The molecular formula is C15H20N2O2S2. The average molecular weight is 324 g/mol. The van der Waals surface area contributed by atoms with Crippen molar-refractivity contribution in [3.63, 3.8) is 0 Å². The van der Waals surface area contributed by atoms with Crippen LogP contribution in [0.1, 0.15) is 24.3 Å². The van der Waals surface area contributed by atoms with E-state index in [9.17, 15) is 8.42 Å². The van der Waals surface area contributed by atoms with Crippen LogP contribution in [0.3, 0.4) is 0 Å². The van der Waals surface area contributed by atoms with Crippen LogP contribution >= 0.6 is 11.3 Å². The van der Waals surface area contributed by atoms with Gasteiger partial charge in [-0.2, -0.15) is 0 Å². The van der Waals surface area contributed by atoms with Gasteiger partial charge >= 0.3 is 0 Å². The summed E-state index contributed by atoms with van der Waals surface area (Å²) in [6, 6.07) is 11.0. The summed E-state index contributed by atoms with van der Waals surface area (Å²) in [5.41, 5.74) is 1.58. The van der Waals surface area contributed by atoms with Gasteiger partial charge in [0.2, 0.25) is 0 Å². The SMILES string of the molecule is Cc1cc(S(=O)(=O)Nc2ccccc2)sc1CNC(C)C.